The lowest BCUT2D eigenvalue weighted by Crippen LogP contribution is -2.23. The Morgan fingerprint density at radius 3 is 2.40 bits per heavy atom. The molecule has 30 heavy (non-hydrogen) atoms. The molecule has 1 N–H and O–H groups in total. The number of benzene rings is 2. The van der Waals surface area contributed by atoms with E-state index >= 15 is 0 Å². The third kappa shape index (κ3) is 5.06. The van der Waals surface area contributed by atoms with E-state index < -0.39 is 18.5 Å². The molecule has 154 valence electrons. The van der Waals surface area contributed by atoms with Gasteiger partial charge >= 0.3 is 11.9 Å². The fraction of sp³-hybridized carbons (Fsp3) is 0.143. The summed E-state index contributed by atoms with van der Waals surface area (Å²) in [5.74, 6) is -1.24. The average Bonchev–Trinajstić information content (AvgIpc) is 3.01. The third-order valence-electron chi connectivity index (χ3n) is 4.06. The second kappa shape index (κ2) is 9.27. The standard InChI is InChI=1S/C21H18N2O6S/c1-23-19(26)17(11-13-3-9-16(10-4-13)29-12-18(24)25)30-21(23)22-15-7-5-14(6-8-15)20(27)28-2/h3-11H,12H2,1-2H3,(H,24,25). The number of hydrogen-bond donors (Lipinski definition) is 1. The van der Waals surface area contributed by atoms with Crippen molar-refractivity contribution >= 4 is 46.5 Å². The number of hydrogen-bond acceptors (Lipinski definition) is 7. The minimum absolute atomic E-state index is 0.184. The van der Waals surface area contributed by atoms with Gasteiger partial charge in [-0.1, -0.05) is 12.1 Å². The summed E-state index contributed by atoms with van der Waals surface area (Å²) in [7, 11) is 2.96. The summed E-state index contributed by atoms with van der Waals surface area (Å²) in [6.07, 6.45) is 1.73. The van der Waals surface area contributed by atoms with E-state index in [1.165, 1.54) is 23.8 Å². The average molecular weight is 426 g/mol. The highest BCUT2D eigenvalue weighted by atomic mass is 32.2. The zero-order chi connectivity index (χ0) is 21.7. The quantitative estimate of drug-likeness (QED) is 0.559. The number of amidine groups is 1. The smallest absolute Gasteiger partial charge is 0.341 e. The van der Waals surface area contributed by atoms with Crippen molar-refractivity contribution in [2.24, 2.45) is 4.99 Å². The van der Waals surface area contributed by atoms with Gasteiger partial charge in [-0.15, -0.1) is 0 Å². The summed E-state index contributed by atoms with van der Waals surface area (Å²) in [4.78, 5) is 41.0. The van der Waals surface area contributed by atoms with E-state index in [1.54, 1.807) is 61.7 Å². The molecule has 0 aliphatic carbocycles. The molecule has 0 unspecified atom stereocenters. The van der Waals surface area contributed by atoms with Crippen LogP contribution in [0.3, 0.4) is 0 Å². The molecule has 0 bridgehead atoms. The van der Waals surface area contributed by atoms with Crippen molar-refractivity contribution in [3.8, 4) is 5.75 Å². The predicted octanol–water partition coefficient (Wildman–Crippen LogP) is 3.17. The molecule has 0 atom stereocenters. The van der Waals surface area contributed by atoms with Crippen LogP contribution >= 0.6 is 11.8 Å². The highest BCUT2D eigenvalue weighted by Gasteiger charge is 2.30. The summed E-state index contributed by atoms with van der Waals surface area (Å²) in [6.45, 7) is -0.417. The third-order valence-corrected chi connectivity index (χ3v) is 5.12. The van der Waals surface area contributed by atoms with Crippen molar-refractivity contribution in [1.29, 1.82) is 0 Å². The fourth-order valence-corrected chi connectivity index (χ4v) is 3.50. The molecule has 1 amide bonds. The van der Waals surface area contributed by atoms with Gasteiger partial charge in [-0.25, -0.2) is 14.6 Å². The lowest BCUT2D eigenvalue weighted by atomic mass is 10.2. The van der Waals surface area contributed by atoms with Gasteiger partial charge in [0.05, 0.1) is 23.3 Å². The van der Waals surface area contributed by atoms with E-state index in [0.717, 1.165) is 5.56 Å². The first-order valence-electron chi connectivity index (χ1n) is 8.76. The topological polar surface area (TPSA) is 106 Å². The molecular formula is C21H18N2O6S. The number of aliphatic imine (C=N–C) groups is 1. The highest BCUT2D eigenvalue weighted by molar-refractivity contribution is 8.18. The zero-order valence-corrected chi connectivity index (χ0v) is 17.0. The molecule has 1 aliphatic heterocycles. The molecule has 1 aliphatic rings. The van der Waals surface area contributed by atoms with Gasteiger partial charge in [-0.05, 0) is 59.8 Å². The van der Waals surface area contributed by atoms with Crippen LogP contribution in [-0.2, 0) is 14.3 Å². The van der Waals surface area contributed by atoms with Crippen LogP contribution in [0.4, 0.5) is 5.69 Å². The number of ether oxygens (including phenoxy) is 2. The van der Waals surface area contributed by atoms with Crippen molar-refractivity contribution in [3.05, 3.63) is 64.6 Å². The molecule has 1 fully saturated rings. The molecule has 0 radical (unpaired) electrons. The van der Waals surface area contributed by atoms with E-state index in [9.17, 15) is 14.4 Å². The summed E-state index contributed by atoms with van der Waals surface area (Å²) in [5, 5.41) is 9.15. The van der Waals surface area contributed by atoms with Crippen molar-refractivity contribution < 1.29 is 29.0 Å². The maximum atomic E-state index is 12.5. The van der Waals surface area contributed by atoms with Crippen LogP contribution in [0.5, 0.6) is 5.75 Å². The Labute approximate surface area is 176 Å². The first kappa shape index (κ1) is 21.1. The van der Waals surface area contributed by atoms with E-state index in [0.29, 0.717) is 27.1 Å². The van der Waals surface area contributed by atoms with Gasteiger partial charge in [0.1, 0.15) is 5.75 Å². The summed E-state index contributed by atoms with van der Waals surface area (Å²) in [5.41, 5.74) is 1.79. The number of carbonyl (C=O) groups excluding carboxylic acids is 2. The van der Waals surface area contributed by atoms with Gasteiger partial charge in [0.2, 0.25) is 0 Å². The van der Waals surface area contributed by atoms with Gasteiger partial charge in [-0.2, -0.15) is 0 Å². The Balaban J connectivity index is 1.74. The van der Waals surface area contributed by atoms with E-state index in [1.807, 2.05) is 0 Å². The highest BCUT2D eigenvalue weighted by Crippen LogP contribution is 2.33. The number of amides is 1. The Bertz CT molecular complexity index is 1030. The number of likely N-dealkylation sites (N-methyl/N-ethyl adjacent to an activating group) is 1. The second-order valence-electron chi connectivity index (χ2n) is 6.16. The predicted molar refractivity (Wildman–Crippen MR) is 113 cm³/mol. The SMILES string of the molecule is COC(=O)c1ccc(N=C2SC(=Cc3ccc(OCC(=O)O)cc3)C(=O)N2C)cc1. The summed E-state index contributed by atoms with van der Waals surface area (Å²) >= 11 is 1.24. The number of aliphatic carboxylic acids is 1. The van der Waals surface area contributed by atoms with Crippen LogP contribution in [-0.4, -0.2) is 53.8 Å². The van der Waals surface area contributed by atoms with Crippen LogP contribution < -0.4 is 4.74 Å². The monoisotopic (exact) mass is 426 g/mol. The number of rotatable bonds is 6. The molecule has 0 aromatic heterocycles. The Hall–Kier alpha value is -3.59. The van der Waals surface area contributed by atoms with Gasteiger partial charge in [0, 0.05) is 7.05 Å². The lowest BCUT2D eigenvalue weighted by molar-refractivity contribution is -0.139. The molecule has 2 aromatic carbocycles. The van der Waals surface area contributed by atoms with Crippen molar-refractivity contribution in [2.75, 3.05) is 20.8 Å². The van der Waals surface area contributed by atoms with Crippen molar-refractivity contribution in [2.45, 2.75) is 0 Å². The number of thioether (sulfide) groups is 1. The van der Waals surface area contributed by atoms with E-state index in [-0.39, 0.29) is 5.91 Å². The minimum Gasteiger partial charge on any atom is -0.482 e. The molecule has 1 heterocycles. The van der Waals surface area contributed by atoms with Gasteiger partial charge in [0.15, 0.2) is 11.8 Å². The molecule has 0 saturated carbocycles. The molecule has 9 heteroatoms. The number of methoxy groups -OCH3 is 1. The van der Waals surface area contributed by atoms with Gasteiger partial charge in [-0.3, -0.25) is 9.69 Å². The second-order valence-corrected chi connectivity index (χ2v) is 7.17. The van der Waals surface area contributed by atoms with Crippen LogP contribution in [0.25, 0.3) is 6.08 Å². The van der Waals surface area contributed by atoms with Crippen LogP contribution in [0.2, 0.25) is 0 Å². The summed E-state index contributed by atoms with van der Waals surface area (Å²) < 4.78 is 9.77. The van der Waals surface area contributed by atoms with Crippen molar-refractivity contribution in [3.63, 3.8) is 0 Å². The first-order valence-corrected chi connectivity index (χ1v) is 9.58. The summed E-state index contributed by atoms with van der Waals surface area (Å²) in [6, 6.07) is 13.3. The largest absolute Gasteiger partial charge is 0.482 e. The Morgan fingerprint density at radius 1 is 1.13 bits per heavy atom. The Kier molecular flexibility index (Phi) is 6.53. The number of carbonyl (C=O) groups is 3. The normalized spacial score (nSPS) is 16.2. The first-order chi connectivity index (χ1) is 14.4. The maximum absolute atomic E-state index is 12.5. The number of esters is 1. The van der Waals surface area contributed by atoms with Gasteiger partial charge in [0.25, 0.3) is 5.91 Å². The lowest BCUT2D eigenvalue weighted by Gasteiger charge is -2.07. The van der Waals surface area contributed by atoms with Gasteiger partial charge < -0.3 is 14.6 Å². The van der Waals surface area contributed by atoms with E-state index in [4.69, 9.17) is 9.84 Å². The molecule has 0 spiro atoms. The molecule has 8 nitrogen and oxygen atoms in total. The fourth-order valence-electron chi connectivity index (χ4n) is 2.51. The maximum Gasteiger partial charge on any atom is 0.341 e. The van der Waals surface area contributed by atoms with E-state index in [2.05, 4.69) is 9.73 Å². The number of carboxylic acid groups (broad SMARTS) is 1. The Morgan fingerprint density at radius 2 is 1.80 bits per heavy atom. The zero-order valence-electron chi connectivity index (χ0n) is 16.2. The number of nitrogens with zero attached hydrogens (tertiary/aromatic N) is 2. The molecule has 1 saturated heterocycles. The van der Waals surface area contributed by atoms with Crippen LogP contribution in [0.15, 0.2) is 58.4 Å². The number of carboxylic acids is 1. The molecular weight excluding hydrogens is 408 g/mol. The minimum atomic E-state index is -1.05. The molecule has 3 rings (SSSR count). The van der Waals surface area contributed by atoms with Crippen LogP contribution in [0.1, 0.15) is 15.9 Å². The van der Waals surface area contributed by atoms with Crippen LogP contribution in [0, 0.1) is 0 Å². The molecule has 2 aromatic rings. The van der Waals surface area contributed by atoms with Crippen molar-refractivity contribution in [1.82, 2.24) is 4.90 Å².